The Morgan fingerprint density at radius 2 is 1.61 bits per heavy atom. The molecule has 2 heterocycles. The number of nitrogens with zero attached hydrogens (tertiary/aromatic N) is 2. The van der Waals surface area contributed by atoms with Gasteiger partial charge in [-0.1, -0.05) is 55.5 Å². The SMILES string of the molecule is CC1(c2ccccc2)CC(C)(C)N(C(=O)CNC(=S)N2CCCCC2)c2ccccc21. The highest BCUT2D eigenvalue weighted by Crippen LogP contribution is 2.50. The van der Waals surface area contributed by atoms with E-state index in [1.807, 2.05) is 11.0 Å². The second-order valence-electron chi connectivity index (χ2n) is 9.64. The Morgan fingerprint density at radius 1 is 0.968 bits per heavy atom. The Kier molecular flexibility index (Phi) is 6.07. The van der Waals surface area contributed by atoms with Crippen molar-refractivity contribution in [2.45, 2.75) is 57.4 Å². The first-order valence-electron chi connectivity index (χ1n) is 11.3. The van der Waals surface area contributed by atoms with Crippen molar-refractivity contribution in [1.82, 2.24) is 10.2 Å². The molecule has 0 aliphatic carbocycles. The number of hydrogen-bond acceptors (Lipinski definition) is 2. The molecule has 2 aromatic rings. The summed E-state index contributed by atoms with van der Waals surface area (Å²) < 4.78 is 0. The molecule has 4 rings (SSSR count). The Labute approximate surface area is 191 Å². The number of thiocarbonyl (C=S) groups is 1. The second-order valence-corrected chi connectivity index (χ2v) is 10.0. The van der Waals surface area contributed by atoms with Crippen LogP contribution < -0.4 is 10.2 Å². The standard InChI is InChI=1S/C26H33N3OS/c1-25(2)19-26(3,20-12-6-4-7-13-20)21-14-8-9-15-22(21)29(25)23(30)18-27-24(31)28-16-10-5-11-17-28/h4,6-9,12-15H,5,10-11,16-19H2,1-3H3,(H,27,31). The van der Waals surface area contributed by atoms with E-state index in [1.54, 1.807) is 0 Å². The number of carbonyl (C=O) groups is 1. The van der Waals surface area contributed by atoms with Gasteiger partial charge in [-0.05, 0) is 68.9 Å². The van der Waals surface area contributed by atoms with Crippen molar-refractivity contribution >= 4 is 28.9 Å². The van der Waals surface area contributed by atoms with Gasteiger partial charge in [-0.25, -0.2) is 0 Å². The number of benzene rings is 2. The largest absolute Gasteiger partial charge is 0.353 e. The molecule has 1 saturated heterocycles. The number of anilines is 1. The van der Waals surface area contributed by atoms with Gasteiger partial charge in [0.05, 0.1) is 6.54 Å². The summed E-state index contributed by atoms with van der Waals surface area (Å²) in [5.41, 5.74) is 3.00. The molecule has 2 aliphatic heterocycles. The Balaban J connectivity index is 1.61. The average Bonchev–Trinajstić information content (AvgIpc) is 2.78. The maximum atomic E-state index is 13.5. The van der Waals surface area contributed by atoms with Crippen LogP contribution in [0.15, 0.2) is 54.6 Å². The molecule has 1 amide bonds. The molecule has 164 valence electrons. The summed E-state index contributed by atoms with van der Waals surface area (Å²) in [6.07, 6.45) is 4.45. The third kappa shape index (κ3) is 4.20. The minimum Gasteiger partial charge on any atom is -0.353 e. The highest BCUT2D eigenvalue weighted by Gasteiger charge is 2.47. The zero-order valence-corrected chi connectivity index (χ0v) is 19.7. The van der Waals surface area contributed by atoms with Crippen LogP contribution in [0.1, 0.15) is 57.6 Å². The number of carbonyl (C=O) groups excluding carboxylic acids is 1. The lowest BCUT2D eigenvalue weighted by Crippen LogP contribution is -2.58. The van der Waals surface area contributed by atoms with Crippen molar-refractivity contribution in [3.8, 4) is 0 Å². The number of rotatable bonds is 3. The van der Waals surface area contributed by atoms with E-state index in [0.29, 0.717) is 5.11 Å². The molecule has 1 atom stereocenters. The molecule has 2 aromatic carbocycles. The third-order valence-electron chi connectivity index (χ3n) is 6.83. The van der Waals surface area contributed by atoms with Crippen LogP contribution in [0.25, 0.3) is 0 Å². The minimum atomic E-state index is -0.329. The highest BCUT2D eigenvalue weighted by molar-refractivity contribution is 7.80. The molecule has 0 saturated carbocycles. The second kappa shape index (κ2) is 8.62. The smallest absolute Gasteiger partial charge is 0.246 e. The average molecular weight is 436 g/mol. The van der Waals surface area contributed by atoms with E-state index < -0.39 is 0 Å². The lowest BCUT2D eigenvalue weighted by Gasteiger charge is -2.51. The Morgan fingerprint density at radius 3 is 2.32 bits per heavy atom. The summed E-state index contributed by atoms with van der Waals surface area (Å²) in [4.78, 5) is 17.7. The van der Waals surface area contributed by atoms with Crippen LogP contribution in [0.5, 0.6) is 0 Å². The van der Waals surface area contributed by atoms with Gasteiger partial charge in [-0.3, -0.25) is 4.79 Å². The van der Waals surface area contributed by atoms with Gasteiger partial charge in [-0.2, -0.15) is 0 Å². The van der Waals surface area contributed by atoms with Crippen molar-refractivity contribution in [2.75, 3.05) is 24.5 Å². The Hall–Kier alpha value is -2.40. The predicted molar refractivity (Wildman–Crippen MR) is 132 cm³/mol. The van der Waals surface area contributed by atoms with E-state index in [-0.39, 0.29) is 23.4 Å². The fraction of sp³-hybridized carbons (Fsp3) is 0.462. The van der Waals surface area contributed by atoms with Crippen LogP contribution in [-0.4, -0.2) is 41.1 Å². The van der Waals surface area contributed by atoms with E-state index in [4.69, 9.17) is 12.2 Å². The molecular weight excluding hydrogens is 402 g/mol. The fourth-order valence-electron chi connectivity index (χ4n) is 5.48. The lowest BCUT2D eigenvalue weighted by atomic mass is 9.65. The first-order valence-corrected chi connectivity index (χ1v) is 11.7. The zero-order valence-electron chi connectivity index (χ0n) is 18.9. The van der Waals surface area contributed by atoms with E-state index >= 15 is 0 Å². The van der Waals surface area contributed by atoms with Crippen LogP contribution in [0.3, 0.4) is 0 Å². The first-order chi connectivity index (χ1) is 14.8. The van der Waals surface area contributed by atoms with Crippen LogP contribution >= 0.6 is 12.2 Å². The van der Waals surface area contributed by atoms with Crippen molar-refractivity contribution in [1.29, 1.82) is 0 Å². The first kappa shape index (κ1) is 21.8. The molecule has 1 fully saturated rings. The molecule has 0 bridgehead atoms. The molecular formula is C26H33N3OS. The van der Waals surface area contributed by atoms with Gasteiger partial charge >= 0.3 is 0 Å². The van der Waals surface area contributed by atoms with Crippen molar-refractivity contribution in [2.24, 2.45) is 0 Å². The lowest BCUT2D eigenvalue weighted by molar-refractivity contribution is -0.118. The van der Waals surface area contributed by atoms with Gasteiger partial charge in [0.1, 0.15) is 0 Å². The number of nitrogens with one attached hydrogen (secondary N) is 1. The van der Waals surface area contributed by atoms with E-state index in [1.165, 1.54) is 30.4 Å². The topological polar surface area (TPSA) is 35.6 Å². The van der Waals surface area contributed by atoms with Gasteiger partial charge < -0.3 is 15.1 Å². The molecule has 31 heavy (non-hydrogen) atoms. The number of likely N-dealkylation sites (tertiary alicyclic amines) is 1. The van der Waals surface area contributed by atoms with Gasteiger partial charge in [-0.15, -0.1) is 0 Å². The minimum absolute atomic E-state index is 0.0620. The normalized spacial score (nSPS) is 22.5. The van der Waals surface area contributed by atoms with Gasteiger partial charge in [0.15, 0.2) is 5.11 Å². The summed E-state index contributed by atoms with van der Waals surface area (Å²) in [7, 11) is 0. The Bertz CT molecular complexity index is 952. The highest BCUT2D eigenvalue weighted by atomic mass is 32.1. The predicted octanol–water partition coefficient (Wildman–Crippen LogP) is 4.87. The summed E-state index contributed by atoms with van der Waals surface area (Å²) in [6.45, 7) is 8.82. The maximum absolute atomic E-state index is 13.5. The number of para-hydroxylation sites is 1. The van der Waals surface area contributed by atoms with Gasteiger partial charge in [0.25, 0.3) is 0 Å². The van der Waals surface area contributed by atoms with Crippen LogP contribution in [0, 0.1) is 0 Å². The van der Waals surface area contributed by atoms with Gasteiger partial charge in [0, 0.05) is 29.7 Å². The third-order valence-corrected chi connectivity index (χ3v) is 7.23. The molecule has 2 aliphatic rings. The number of hydrogen-bond donors (Lipinski definition) is 1. The van der Waals surface area contributed by atoms with E-state index in [9.17, 15) is 4.79 Å². The summed E-state index contributed by atoms with van der Waals surface area (Å²) in [5.74, 6) is 0.0620. The molecule has 4 nitrogen and oxygen atoms in total. The zero-order chi connectivity index (χ0) is 22.1. The fourth-order valence-corrected chi connectivity index (χ4v) is 5.73. The summed E-state index contributed by atoms with van der Waals surface area (Å²) >= 11 is 5.57. The van der Waals surface area contributed by atoms with Crippen LogP contribution in [-0.2, 0) is 10.2 Å². The van der Waals surface area contributed by atoms with Gasteiger partial charge in [0.2, 0.25) is 5.91 Å². The molecule has 0 radical (unpaired) electrons. The molecule has 0 spiro atoms. The van der Waals surface area contributed by atoms with Crippen molar-refractivity contribution in [3.63, 3.8) is 0 Å². The maximum Gasteiger partial charge on any atom is 0.246 e. The molecule has 1 unspecified atom stereocenters. The van der Waals surface area contributed by atoms with Crippen molar-refractivity contribution in [3.05, 3.63) is 65.7 Å². The summed E-state index contributed by atoms with van der Waals surface area (Å²) in [5, 5.41) is 3.94. The van der Waals surface area contributed by atoms with Crippen LogP contribution in [0.4, 0.5) is 5.69 Å². The molecule has 5 heteroatoms. The molecule has 0 aromatic heterocycles. The number of fused-ring (bicyclic) bond motifs is 1. The number of amides is 1. The number of piperidine rings is 1. The molecule has 1 N–H and O–H groups in total. The van der Waals surface area contributed by atoms with E-state index in [0.717, 1.165) is 25.2 Å². The monoisotopic (exact) mass is 435 g/mol. The summed E-state index contributed by atoms with van der Waals surface area (Å²) in [6, 6.07) is 19.0. The van der Waals surface area contributed by atoms with E-state index in [2.05, 4.69) is 79.5 Å². The quantitative estimate of drug-likeness (QED) is 0.698. The van der Waals surface area contributed by atoms with Crippen LogP contribution in [0.2, 0.25) is 0 Å². The van der Waals surface area contributed by atoms with Crippen molar-refractivity contribution < 1.29 is 4.79 Å².